The van der Waals surface area contributed by atoms with Crippen molar-refractivity contribution < 1.29 is 9.90 Å². The number of Topliss-reactive ketones (excluding diaryl/α,β-unsaturated/α-hetero) is 1. The fourth-order valence-electron chi connectivity index (χ4n) is 1.59. The van der Waals surface area contributed by atoms with Gasteiger partial charge in [0.1, 0.15) is 6.10 Å². The van der Waals surface area contributed by atoms with Crippen molar-refractivity contribution in [2.24, 2.45) is 5.92 Å². The van der Waals surface area contributed by atoms with E-state index in [1.54, 1.807) is 0 Å². The van der Waals surface area contributed by atoms with Gasteiger partial charge in [-0.05, 0) is 38.2 Å². The highest BCUT2D eigenvalue weighted by molar-refractivity contribution is 6.00. The van der Waals surface area contributed by atoms with Crippen LogP contribution in [0, 0.1) is 5.92 Å². The molecule has 1 rings (SSSR count). The summed E-state index contributed by atoms with van der Waals surface area (Å²) in [5.41, 5.74) is 1.88. The number of hydrogen-bond acceptors (Lipinski definition) is 2. The van der Waals surface area contributed by atoms with E-state index in [9.17, 15) is 9.90 Å². The third kappa shape index (κ3) is 1.58. The number of aliphatic hydroxyl groups excluding tert-OH is 1. The van der Waals surface area contributed by atoms with Gasteiger partial charge < -0.3 is 5.11 Å². The van der Waals surface area contributed by atoms with Crippen molar-refractivity contribution in [3.63, 3.8) is 0 Å². The summed E-state index contributed by atoms with van der Waals surface area (Å²) in [6, 6.07) is 0. The SMILES string of the molecule is CC(C)=C1CC[C@@H](C)[C@@H](O)C1=O. The van der Waals surface area contributed by atoms with Gasteiger partial charge in [0, 0.05) is 0 Å². The van der Waals surface area contributed by atoms with Crippen LogP contribution in [0.25, 0.3) is 0 Å². The second-order valence-electron chi connectivity index (χ2n) is 3.80. The second-order valence-corrected chi connectivity index (χ2v) is 3.80. The van der Waals surface area contributed by atoms with E-state index in [1.165, 1.54) is 0 Å². The van der Waals surface area contributed by atoms with E-state index in [4.69, 9.17) is 0 Å². The predicted octanol–water partition coefficient (Wildman–Crippen LogP) is 1.68. The van der Waals surface area contributed by atoms with Crippen LogP contribution < -0.4 is 0 Å². The fourth-order valence-corrected chi connectivity index (χ4v) is 1.59. The Morgan fingerprint density at radius 2 is 2.08 bits per heavy atom. The fraction of sp³-hybridized carbons (Fsp3) is 0.700. The largest absolute Gasteiger partial charge is 0.385 e. The monoisotopic (exact) mass is 168 g/mol. The Balaban J connectivity index is 2.87. The molecule has 2 heteroatoms. The van der Waals surface area contributed by atoms with E-state index in [1.807, 2.05) is 20.8 Å². The van der Waals surface area contributed by atoms with Gasteiger partial charge in [0.2, 0.25) is 0 Å². The molecule has 0 saturated heterocycles. The predicted molar refractivity (Wildman–Crippen MR) is 47.8 cm³/mol. The van der Waals surface area contributed by atoms with Gasteiger partial charge in [-0.25, -0.2) is 0 Å². The summed E-state index contributed by atoms with van der Waals surface area (Å²) in [5.74, 6) is 0.0642. The van der Waals surface area contributed by atoms with Crippen LogP contribution in [-0.4, -0.2) is 17.0 Å². The van der Waals surface area contributed by atoms with Crippen LogP contribution in [0.5, 0.6) is 0 Å². The third-order valence-corrected chi connectivity index (χ3v) is 2.56. The molecular formula is C10H16O2. The quantitative estimate of drug-likeness (QED) is 0.559. The van der Waals surface area contributed by atoms with Crippen molar-refractivity contribution in [1.29, 1.82) is 0 Å². The van der Waals surface area contributed by atoms with E-state index < -0.39 is 6.10 Å². The van der Waals surface area contributed by atoms with Gasteiger partial charge in [0.15, 0.2) is 5.78 Å². The Morgan fingerprint density at radius 1 is 1.50 bits per heavy atom. The Bertz CT molecular complexity index is 224. The molecule has 12 heavy (non-hydrogen) atoms. The lowest BCUT2D eigenvalue weighted by atomic mass is 9.82. The summed E-state index contributed by atoms with van der Waals surface area (Å²) in [6.07, 6.45) is 0.996. The Labute approximate surface area is 73.3 Å². The van der Waals surface area contributed by atoms with Gasteiger partial charge >= 0.3 is 0 Å². The topological polar surface area (TPSA) is 37.3 Å². The molecule has 0 radical (unpaired) electrons. The molecule has 1 aliphatic rings. The lowest BCUT2D eigenvalue weighted by molar-refractivity contribution is -0.127. The molecule has 0 aromatic rings. The molecule has 1 fully saturated rings. The van der Waals surface area contributed by atoms with Crippen LogP contribution >= 0.6 is 0 Å². The molecule has 0 amide bonds. The second kappa shape index (κ2) is 3.40. The Hall–Kier alpha value is -0.630. The molecule has 2 atom stereocenters. The molecule has 0 unspecified atom stereocenters. The molecule has 0 aliphatic heterocycles. The number of rotatable bonds is 0. The summed E-state index contributed by atoms with van der Waals surface area (Å²) in [4.78, 5) is 11.5. The first-order valence-electron chi connectivity index (χ1n) is 4.42. The Morgan fingerprint density at radius 3 is 2.58 bits per heavy atom. The average molecular weight is 168 g/mol. The van der Waals surface area contributed by atoms with Gasteiger partial charge in [-0.1, -0.05) is 12.5 Å². The van der Waals surface area contributed by atoms with Gasteiger partial charge in [-0.15, -0.1) is 0 Å². The molecule has 0 aromatic heterocycles. The van der Waals surface area contributed by atoms with Crippen LogP contribution in [0.4, 0.5) is 0 Å². The molecule has 68 valence electrons. The van der Waals surface area contributed by atoms with Gasteiger partial charge in [-0.2, -0.15) is 0 Å². The van der Waals surface area contributed by atoms with Crippen molar-refractivity contribution in [2.45, 2.75) is 39.7 Å². The minimum Gasteiger partial charge on any atom is -0.385 e. The maximum absolute atomic E-state index is 11.5. The van der Waals surface area contributed by atoms with Crippen molar-refractivity contribution in [2.75, 3.05) is 0 Å². The molecule has 0 aromatic carbocycles. The molecule has 0 spiro atoms. The van der Waals surface area contributed by atoms with Crippen LogP contribution in [0.1, 0.15) is 33.6 Å². The van der Waals surface area contributed by atoms with Crippen molar-refractivity contribution >= 4 is 5.78 Å². The van der Waals surface area contributed by atoms with Crippen molar-refractivity contribution in [1.82, 2.24) is 0 Å². The number of hydrogen-bond donors (Lipinski definition) is 1. The first kappa shape index (κ1) is 9.46. The first-order chi connectivity index (χ1) is 5.54. The minimum atomic E-state index is -0.761. The summed E-state index contributed by atoms with van der Waals surface area (Å²) in [5, 5.41) is 9.48. The maximum Gasteiger partial charge on any atom is 0.187 e. The van der Waals surface area contributed by atoms with Crippen LogP contribution in [-0.2, 0) is 4.79 Å². The molecule has 0 heterocycles. The zero-order chi connectivity index (χ0) is 9.30. The molecule has 1 saturated carbocycles. The summed E-state index contributed by atoms with van der Waals surface area (Å²) in [7, 11) is 0. The Kier molecular flexibility index (Phi) is 2.68. The van der Waals surface area contributed by atoms with E-state index in [-0.39, 0.29) is 11.7 Å². The highest BCUT2D eigenvalue weighted by Crippen LogP contribution is 2.27. The summed E-state index contributed by atoms with van der Waals surface area (Å²) in [6.45, 7) is 5.77. The maximum atomic E-state index is 11.5. The number of ketones is 1. The smallest absolute Gasteiger partial charge is 0.187 e. The van der Waals surface area contributed by atoms with Crippen LogP contribution in [0.3, 0.4) is 0 Å². The molecular weight excluding hydrogens is 152 g/mol. The number of aliphatic hydroxyl groups is 1. The summed E-state index contributed by atoms with van der Waals surface area (Å²) >= 11 is 0. The number of carbonyl (C=O) groups is 1. The van der Waals surface area contributed by atoms with Gasteiger partial charge in [-0.3, -0.25) is 4.79 Å². The number of carbonyl (C=O) groups excluding carboxylic acids is 1. The molecule has 2 nitrogen and oxygen atoms in total. The highest BCUT2D eigenvalue weighted by Gasteiger charge is 2.30. The standard InChI is InChI=1S/C10H16O2/c1-6(2)8-5-4-7(3)9(11)10(8)12/h7,9,11H,4-5H2,1-3H3/t7-,9-/m1/s1. The van der Waals surface area contributed by atoms with Crippen molar-refractivity contribution in [3.8, 4) is 0 Å². The minimum absolute atomic E-state index is 0.0613. The third-order valence-electron chi connectivity index (χ3n) is 2.56. The normalized spacial score (nSPS) is 30.7. The number of allylic oxidation sites excluding steroid dienone is 1. The van der Waals surface area contributed by atoms with Crippen molar-refractivity contribution in [3.05, 3.63) is 11.1 Å². The zero-order valence-electron chi connectivity index (χ0n) is 7.92. The van der Waals surface area contributed by atoms with E-state index in [2.05, 4.69) is 0 Å². The van der Waals surface area contributed by atoms with Gasteiger partial charge in [0.05, 0.1) is 0 Å². The van der Waals surface area contributed by atoms with Crippen LogP contribution in [0.2, 0.25) is 0 Å². The summed E-state index contributed by atoms with van der Waals surface area (Å²) < 4.78 is 0. The van der Waals surface area contributed by atoms with Crippen LogP contribution in [0.15, 0.2) is 11.1 Å². The van der Waals surface area contributed by atoms with E-state index in [0.29, 0.717) is 0 Å². The molecule has 1 N–H and O–H groups in total. The van der Waals surface area contributed by atoms with E-state index in [0.717, 1.165) is 24.0 Å². The zero-order valence-corrected chi connectivity index (χ0v) is 7.92. The lowest BCUT2D eigenvalue weighted by Gasteiger charge is -2.25. The van der Waals surface area contributed by atoms with E-state index >= 15 is 0 Å². The highest BCUT2D eigenvalue weighted by atomic mass is 16.3. The average Bonchev–Trinajstić information content (AvgIpc) is 2.00. The first-order valence-corrected chi connectivity index (χ1v) is 4.42. The van der Waals surface area contributed by atoms with Gasteiger partial charge in [0.25, 0.3) is 0 Å². The molecule has 1 aliphatic carbocycles. The lowest BCUT2D eigenvalue weighted by Crippen LogP contribution is -2.33. The molecule has 0 bridgehead atoms.